The van der Waals surface area contributed by atoms with E-state index in [-0.39, 0.29) is 11.4 Å². The number of benzene rings is 1. The van der Waals surface area contributed by atoms with Crippen LogP contribution in [0.2, 0.25) is 0 Å². The van der Waals surface area contributed by atoms with Crippen LogP contribution in [0.4, 0.5) is 0 Å². The Hall–Kier alpha value is -2.52. The molecule has 1 saturated heterocycles. The van der Waals surface area contributed by atoms with Crippen LogP contribution >= 0.6 is 11.8 Å². The van der Waals surface area contributed by atoms with E-state index >= 15 is 0 Å². The number of phenolic OH excluding ortho intramolecular Hbond substituents is 1. The van der Waals surface area contributed by atoms with E-state index in [1.54, 1.807) is 6.92 Å². The molecule has 1 fully saturated rings. The van der Waals surface area contributed by atoms with Gasteiger partial charge in [-0.3, -0.25) is 14.5 Å². The number of thioether (sulfide) groups is 1. The number of fused-ring (bicyclic) bond motifs is 1. The Balaban J connectivity index is 1.71. The van der Waals surface area contributed by atoms with Crippen LogP contribution in [0.15, 0.2) is 35.5 Å². The quantitative estimate of drug-likeness (QED) is 0.573. The third-order valence-corrected chi connectivity index (χ3v) is 5.61. The van der Waals surface area contributed by atoms with Gasteiger partial charge in [-0.2, -0.15) is 0 Å². The molecule has 25 heavy (non-hydrogen) atoms. The Morgan fingerprint density at radius 3 is 2.64 bits per heavy atom. The molecule has 0 bridgehead atoms. The molecule has 0 aromatic heterocycles. The predicted molar refractivity (Wildman–Crippen MR) is 87.8 cm³/mol. The third-order valence-electron chi connectivity index (χ3n) is 4.18. The molecule has 132 valence electrons. The van der Waals surface area contributed by atoms with Crippen LogP contribution in [0.1, 0.15) is 18.5 Å². The van der Waals surface area contributed by atoms with Crippen LogP contribution in [-0.2, 0) is 14.4 Å². The summed E-state index contributed by atoms with van der Waals surface area (Å²) in [6, 6.07) is 4.02. The zero-order valence-corrected chi connectivity index (χ0v) is 14.1. The zero-order valence-electron chi connectivity index (χ0n) is 13.3. The van der Waals surface area contributed by atoms with E-state index in [0.29, 0.717) is 16.9 Å². The van der Waals surface area contributed by atoms with Crippen molar-refractivity contribution in [2.24, 2.45) is 5.73 Å². The second-order valence-electron chi connectivity index (χ2n) is 5.88. The van der Waals surface area contributed by atoms with E-state index in [1.165, 1.54) is 36.0 Å². The van der Waals surface area contributed by atoms with Crippen LogP contribution < -0.4 is 16.2 Å². The summed E-state index contributed by atoms with van der Waals surface area (Å²) in [4.78, 5) is 37.0. The third kappa shape index (κ3) is 2.96. The van der Waals surface area contributed by atoms with Crippen LogP contribution in [-0.4, -0.2) is 45.0 Å². The number of hydrogen-bond acceptors (Lipinski definition) is 7. The Morgan fingerprint density at radius 1 is 1.40 bits per heavy atom. The lowest BCUT2D eigenvalue weighted by Gasteiger charge is -2.50. The molecule has 0 spiro atoms. The van der Waals surface area contributed by atoms with Gasteiger partial charge in [0.15, 0.2) is 0 Å². The summed E-state index contributed by atoms with van der Waals surface area (Å²) in [6.07, 6.45) is 0. The SMILES string of the molecule is CC1=C(C(=O)[O-])N2C(=O)[C@@H](NC(=O)[C@H](N)c3ccc(O)cc3)[C@H]2SC1. The molecule has 0 unspecified atom stereocenters. The van der Waals surface area contributed by atoms with Gasteiger partial charge in [-0.05, 0) is 30.2 Å². The number of aromatic hydroxyl groups is 1. The maximum Gasteiger partial charge on any atom is 0.253 e. The number of carboxylic acids is 1. The van der Waals surface area contributed by atoms with Gasteiger partial charge in [0.2, 0.25) is 5.91 Å². The summed E-state index contributed by atoms with van der Waals surface area (Å²) in [5.74, 6) is -1.96. The van der Waals surface area contributed by atoms with Crippen molar-refractivity contribution in [2.75, 3.05) is 5.75 Å². The highest BCUT2D eigenvalue weighted by Crippen LogP contribution is 2.39. The summed E-state index contributed by atoms with van der Waals surface area (Å²) in [5.41, 5.74) is 6.81. The van der Waals surface area contributed by atoms with E-state index in [4.69, 9.17) is 5.73 Å². The van der Waals surface area contributed by atoms with Gasteiger partial charge in [0.05, 0.1) is 11.7 Å². The highest BCUT2D eigenvalue weighted by atomic mass is 32.2. The molecule has 1 aromatic rings. The monoisotopic (exact) mass is 362 g/mol. The van der Waals surface area contributed by atoms with Crippen LogP contribution in [0.3, 0.4) is 0 Å². The van der Waals surface area contributed by atoms with Crippen molar-refractivity contribution in [1.82, 2.24) is 10.2 Å². The molecule has 3 atom stereocenters. The van der Waals surface area contributed by atoms with Crippen LogP contribution in [0, 0.1) is 0 Å². The number of nitrogens with zero attached hydrogens (tertiary/aromatic N) is 1. The molecule has 9 heteroatoms. The number of nitrogens with one attached hydrogen (secondary N) is 1. The summed E-state index contributed by atoms with van der Waals surface area (Å²) < 4.78 is 0. The lowest BCUT2D eigenvalue weighted by Crippen LogP contribution is -2.71. The molecular weight excluding hydrogens is 346 g/mol. The van der Waals surface area contributed by atoms with E-state index < -0.39 is 35.2 Å². The van der Waals surface area contributed by atoms with Gasteiger partial charge in [0.1, 0.15) is 23.2 Å². The Kier molecular flexibility index (Phi) is 4.44. The first-order valence-electron chi connectivity index (χ1n) is 7.52. The molecule has 2 aliphatic rings. The van der Waals surface area contributed by atoms with E-state index in [0.717, 1.165) is 4.90 Å². The number of hydrogen-bond donors (Lipinski definition) is 3. The molecule has 0 radical (unpaired) electrons. The van der Waals surface area contributed by atoms with Crippen molar-refractivity contribution in [3.63, 3.8) is 0 Å². The van der Waals surface area contributed by atoms with Crippen molar-refractivity contribution >= 4 is 29.5 Å². The van der Waals surface area contributed by atoms with Gasteiger partial charge in [-0.1, -0.05) is 12.1 Å². The lowest BCUT2D eigenvalue weighted by molar-refractivity contribution is -0.301. The first kappa shape index (κ1) is 17.3. The van der Waals surface area contributed by atoms with Crippen molar-refractivity contribution in [3.05, 3.63) is 41.1 Å². The fraction of sp³-hybridized carbons (Fsp3) is 0.312. The fourth-order valence-corrected chi connectivity index (χ4v) is 4.13. The largest absolute Gasteiger partial charge is 0.543 e. The van der Waals surface area contributed by atoms with Crippen molar-refractivity contribution in [1.29, 1.82) is 0 Å². The number of carbonyl (C=O) groups excluding carboxylic acids is 3. The number of phenols is 1. The standard InChI is InChI=1S/C16H17N3O5S/c1-7-6-25-15-11(14(22)19(15)12(7)16(23)24)18-13(21)10(17)8-2-4-9(20)5-3-8/h2-5,10-11,15,20H,6,17H2,1H3,(H,18,21)(H,23,24)/p-1/t10-,11-,15-/m1/s1. The second-order valence-corrected chi connectivity index (χ2v) is 6.99. The van der Waals surface area contributed by atoms with Crippen LogP contribution in [0.25, 0.3) is 0 Å². The molecular formula is C16H16N3O5S-. The zero-order chi connectivity index (χ0) is 18.3. The van der Waals surface area contributed by atoms with Crippen molar-refractivity contribution < 1.29 is 24.6 Å². The average molecular weight is 362 g/mol. The maximum absolute atomic E-state index is 12.3. The van der Waals surface area contributed by atoms with Gasteiger partial charge in [-0.15, -0.1) is 11.8 Å². The molecule has 4 N–H and O–H groups in total. The number of β-lactam (4-membered cyclic amide) rings is 1. The number of amides is 2. The number of rotatable bonds is 4. The topological polar surface area (TPSA) is 136 Å². The van der Waals surface area contributed by atoms with Gasteiger partial charge in [0, 0.05) is 5.75 Å². The van der Waals surface area contributed by atoms with Gasteiger partial charge < -0.3 is 26.1 Å². The van der Waals surface area contributed by atoms with E-state index in [9.17, 15) is 24.6 Å². The van der Waals surface area contributed by atoms with Gasteiger partial charge in [0.25, 0.3) is 5.91 Å². The highest BCUT2D eigenvalue weighted by molar-refractivity contribution is 8.00. The molecule has 2 amide bonds. The molecule has 1 aromatic carbocycles. The van der Waals surface area contributed by atoms with Gasteiger partial charge >= 0.3 is 0 Å². The lowest BCUT2D eigenvalue weighted by atomic mass is 10.0. The fourth-order valence-electron chi connectivity index (χ4n) is 2.84. The minimum atomic E-state index is -1.40. The minimum absolute atomic E-state index is 0.0525. The molecule has 2 heterocycles. The number of aliphatic carboxylic acids is 1. The van der Waals surface area contributed by atoms with Crippen molar-refractivity contribution in [3.8, 4) is 5.75 Å². The normalized spacial score (nSPS) is 23.6. The Labute approximate surface area is 147 Å². The Morgan fingerprint density at radius 2 is 2.04 bits per heavy atom. The molecule has 8 nitrogen and oxygen atoms in total. The minimum Gasteiger partial charge on any atom is -0.543 e. The van der Waals surface area contributed by atoms with Crippen LogP contribution in [0.5, 0.6) is 5.75 Å². The van der Waals surface area contributed by atoms with Gasteiger partial charge in [-0.25, -0.2) is 0 Å². The predicted octanol–water partition coefficient (Wildman–Crippen LogP) is -1.18. The van der Waals surface area contributed by atoms with E-state index in [2.05, 4.69) is 5.32 Å². The average Bonchev–Trinajstić information content (AvgIpc) is 2.58. The molecule has 0 aliphatic carbocycles. The number of carbonyl (C=O) groups is 3. The highest BCUT2D eigenvalue weighted by Gasteiger charge is 2.52. The summed E-state index contributed by atoms with van der Waals surface area (Å²) in [7, 11) is 0. The van der Waals surface area contributed by atoms with E-state index in [1.807, 2.05) is 0 Å². The first-order chi connectivity index (χ1) is 11.8. The summed E-state index contributed by atoms with van der Waals surface area (Å²) >= 11 is 1.37. The number of nitrogens with two attached hydrogens (primary N) is 1. The molecule has 2 aliphatic heterocycles. The molecule has 3 rings (SSSR count). The summed E-state index contributed by atoms with van der Waals surface area (Å²) in [5, 5.41) is 22.6. The smallest absolute Gasteiger partial charge is 0.253 e. The maximum atomic E-state index is 12.3. The summed E-state index contributed by atoms with van der Waals surface area (Å²) in [6.45, 7) is 1.63. The number of carboxylic acid groups (broad SMARTS) is 1. The molecule has 0 saturated carbocycles. The second kappa shape index (κ2) is 6.41. The Bertz CT molecular complexity index is 776. The first-order valence-corrected chi connectivity index (χ1v) is 8.56. The van der Waals surface area contributed by atoms with Crippen molar-refractivity contribution in [2.45, 2.75) is 24.4 Å².